The van der Waals surface area contributed by atoms with Crippen LogP contribution < -0.4 is 4.74 Å². The summed E-state index contributed by atoms with van der Waals surface area (Å²) in [5.41, 5.74) is 1.89. The van der Waals surface area contributed by atoms with E-state index in [1.807, 2.05) is 6.92 Å². The van der Waals surface area contributed by atoms with Crippen LogP contribution in [0.1, 0.15) is 21.5 Å². The summed E-state index contributed by atoms with van der Waals surface area (Å²) in [7, 11) is 0. The number of ether oxygens (including phenoxy) is 1. The zero-order valence-electron chi connectivity index (χ0n) is 10.2. The van der Waals surface area contributed by atoms with E-state index in [-0.39, 0.29) is 5.56 Å². The Hall–Kier alpha value is -2.36. The van der Waals surface area contributed by atoms with Gasteiger partial charge >= 0.3 is 5.97 Å². The van der Waals surface area contributed by atoms with Crippen molar-refractivity contribution in [2.45, 2.75) is 13.8 Å². The number of nitrogens with zero attached hydrogens (tertiary/aromatic N) is 1. The predicted molar refractivity (Wildman–Crippen MR) is 67.2 cm³/mol. The maximum atomic E-state index is 10.9. The van der Waals surface area contributed by atoms with Crippen LogP contribution in [0.3, 0.4) is 0 Å². The molecule has 0 atom stereocenters. The molecule has 4 nitrogen and oxygen atoms in total. The van der Waals surface area contributed by atoms with E-state index < -0.39 is 5.97 Å². The first-order chi connectivity index (χ1) is 8.58. The highest BCUT2D eigenvalue weighted by Gasteiger charge is 2.08. The predicted octanol–water partition coefficient (Wildman–Crippen LogP) is 3.19. The molecule has 0 aliphatic heterocycles. The lowest BCUT2D eigenvalue weighted by atomic mass is 10.1. The standard InChI is InChI=1S/C14H13NO3/c1-9-7-11(3-4-12(9)14(16)17)18-13-5-6-15-8-10(13)2/h3-8H,1-2H3,(H,16,17). The average Bonchev–Trinajstić information content (AvgIpc) is 2.32. The van der Waals surface area contributed by atoms with Crippen molar-refractivity contribution in [2.75, 3.05) is 0 Å². The molecule has 1 aromatic heterocycles. The third-order valence-electron chi connectivity index (χ3n) is 2.62. The molecule has 1 N–H and O–H groups in total. The van der Waals surface area contributed by atoms with Crippen molar-refractivity contribution in [2.24, 2.45) is 0 Å². The monoisotopic (exact) mass is 243 g/mol. The van der Waals surface area contributed by atoms with Gasteiger partial charge in [-0.05, 0) is 43.7 Å². The van der Waals surface area contributed by atoms with Crippen molar-refractivity contribution in [3.63, 3.8) is 0 Å². The van der Waals surface area contributed by atoms with Gasteiger partial charge in [0.25, 0.3) is 0 Å². The van der Waals surface area contributed by atoms with Gasteiger partial charge in [-0.3, -0.25) is 4.98 Å². The van der Waals surface area contributed by atoms with Crippen LogP contribution in [0.25, 0.3) is 0 Å². The second kappa shape index (κ2) is 4.87. The number of rotatable bonds is 3. The van der Waals surface area contributed by atoms with Gasteiger partial charge in [-0.2, -0.15) is 0 Å². The summed E-state index contributed by atoms with van der Waals surface area (Å²) in [5, 5.41) is 8.94. The van der Waals surface area contributed by atoms with Crippen molar-refractivity contribution < 1.29 is 14.6 Å². The number of carboxylic acids is 1. The molecule has 0 unspecified atom stereocenters. The summed E-state index contributed by atoms with van der Waals surface area (Å²) in [6.45, 7) is 3.65. The van der Waals surface area contributed by atoms with Crippen molar-refractivity contribution >= 4 is 5.97 Å². The van der Waals surface area contributed by atoms with Gasteiger partial charge in [-0.15, -0.1) is 0 Å². The lowest BCUT2D eigenvalue weighted by Crippen LogP contribution is -1.99. The number of hydrogen-bond acceptors (Lipinski definition) is 3. The molecule has 0 fully saturated rings. The fraction of sp³-hybridized carbons (Fsp3) is 0.143. The number of aromatic nitrogens is 1. The van der Waals surface area contributed by atoms with Gasteiger partial charge in [0.1, 0.15) is 11.5 Å². The van der Waals surface area contributed by atoms with E-state index in [0.29, 0.717) is 17.1 Å². The van der Waals surface area contributed by atoms with Crippen LogP contribution in [0.2, 0.25) is 0 Å². The second-order valence-electron chi connectivity index (χ2n) is 4.03. The Kier molecular flexibility index (Phi) is 3.28. The number of carboxylic acid groups (broad SMARTS) is 1. The normalized spacial score (nSPS) is 10.1. The summed E-state index contributed by atoms with van der Waals surface area (Å²) in [5.74, 6) is 0.401. The van der Waals surface area contributed by atoms with E-state index in [9.17, 15) is 4.79 Å². The van der Waals surface area contributed by atoms with E-state index in [4.69, 9.17) is 9.84 Å². The van der Waals surface area contributed by atoms with Gasteiger partial charge < -0.3 is 9.84 Å². The van der Waals surface area contributed by atoms with Gasteiger partial charge in [0.15, 0.2) is 0 Å². The minimum absolute atomic E-state index is 0.286. The Balaban J connectivity index is 2.29. The molecular weight excluding hydrogens is 230 g/mol. The SMILES string of the molecule is Cc1cnccc1Oc1ccc(C(=O)O)c(C)c1. The molecule has 1 heterocycles. The molecule has 0 bridgehead atoms. The quantitative estimate of drug-likeness (QED) is 0.899. The summed E-state index contributed by atoms with van der Waals surface area (Å²) in [6, 6.07) is 6.68. The molecule has 0 saturated heterocycles. The molecule has 18 heavy (non-hydrogen) atoms. The second-order valence-corrected chi connectivity index (χ2v) is 4.03. The molecular formula is C14H13NO3. The van der Waals surface area contributed by atoms with E-state index in [2.05, 4.69) is 4.98 Å². The molecule has 0 radical (unpaired) electrons. The summed E-state index contributed by atoms with van der Waals surface area (Å²) < 4.78 is 5.69. The number of hydrogen-bond donors (Lipinski definition) is 1. The van der Waals surface area contributed by atoms with Crippen molar-refractivity contribution in [3.05, 3.63) is 53.3 Å². The van der Waals surface area contributed by atoms with Gasteiger partial charge in [-0.25, -0.2) is 4.79 Å². The largest absolute Gasteiger partial charge is 0.478 e. The van der Waals surface area contributed by atoms with Crippen LogP contribution in [-0.2, 0) is 0 Å². The molecule has 0 aliphatic carbocycles. The minimum atomic E-state index is -0.931. The summed E-state index contributed by atoms with van der Waals surface area (Å²) in [4.78, 5) is 14.9. The zero-order valence-corrected chi connectivity index (χ0v) is 10.2. The maximum Gasteiger partial charge on any atom is 0.335 e. The van der Waals surface area contributed by atoms with Crippen LogP contribution >= 0.6 is 0 Å². The van der Waals surface area contributed by atoms with Crippen molar-refractivity contribution in [3.8, 4) is 11.5 Å². The number of aromatic carboxylic acids is 1. The van der Waals surface area contributed by atoms with Crippen LogP contribution in [0.15, 0.2) is 36.7 Å². The van der Waals surface area contributed by atoms with Crippen molar-refractivity contribution in [1.29, 1.82) is 0 Å². The average molecular weight is 243 g/mol. The fourth-order valence-electron chi connectivity index (χ4n) is 1.64. The van der Waals surface area contributed by atoms with Gasteiger partial charge in [0.05, 0.1) is 5.56 Å². The number of aryl methyl sites for hydroxylation is 2. The van der Waals surface area contributed by atoms with E-state index >= 15 is 0 Å². The van der Waals surface area contributed by atoms with E-state index in [1.54, 1.807) is 43.6 Å². The van der Waals surface area contributed by atoms with Gasteiger partial charge in [0, 0.05) is 18.0 Å². The van der Waals surface area contributed by atoms with Crippen LogP contribution in [0, 0.1) is 13.8 Å². The highest BCUT2D eigenvalue weighted by atomic mass is 16.5. The fourth-order valence-corrected chi connectivity index (χ4v) is 1.64. The van der Waals surface area contributed by atoms with Crippen molar-refractivity contribution in [1.82, 2.24) is 4.98 Å². The smallest absolute Gasteiger partial charge is 0.335 e. The molecule has 92 valence electrons. The Labute approximate surface area is 105 Å². The molecule has 2 rings (SSSR count). The number of carbonyl (C=O) groups is 1. The first-order valence-electron chi connectivity index (χ1n) is 5.50. The summed E-state index contributed by atoms with van der Waals surface area (Å²) in [6.07, 6.45) is 3.37. The number of benzene rings is 1. The van der Waals surface area contributed by atoms with E-state index in [0.717, 1.165) is 5.56 Å². The molecule has 0 saturated carbocycles. The highest BCUT2D eigenvalue weighted by Crippen LogP contribution is 2.25. The molecule has 1 aromatic carbocycles. The highest BCUT2D eigenvalue weighted by molar-refractivity contribution is 5.89. The van der Waals surface area contributed by atoms with Gasteiger partial charge in [0.2, 0.25) is 0 Å². The maximum absolute atomic E-state index is 10.9. The third kappa shape index (κ3) is 2.48. The lowest BCUT2D eigenvalue weighted by molar-refractivity contribution is 0.0696. The minimum Gasteiger partial charge on any atom is -0.478 e. The first-order valence-corrected chi connectivity index (χ1v) is 5.50. The van der Waals surface area contributed by atoms with E-state index in [1.165, 1.54) is 0 Å². The topological polar surface area (TPSA) is 59.4 Å². The number of pyridine rings is 1. The Morgan fingerprint density at radius 1 is 1.22 bits per heavy atom. The molecule has 2 aromatic rings. The molecule has 4 heteroatoms. The molecule has 0 aliphatic rings. The van der Waals surface area contributed by atoms with Crippen LogP contribution in [-0.4, -0.2) is 16.1 Å². The lowest BCUT2D eigenvalue weighted by Gasteiger charge is -2.09. The molecule has 0 amide bonds. The Morgan fingerprint density at radius 2 is 2.00 bits per heavy atom. The van der Waals surface area contributed by atoms with Gasteiger partial charge in [-0.1, -0.05) is 0 Å². The van der Waals surface area contributed by atoms with Crippen LogP contribution in [0.5, 0.6) is 11.5 Å². The van der Waals surface area contributed by atoms with Crippen LogP contribution in [0.4, 0.5) is 0 Å². The zero-order chi connectivity index (χ0) is 13.1. The first kappa shape index (κ1) is 12.1. The Morgan fingerprint density at radius 3 is 2.61 bits per heavy atom. The third-order valence-corrected chi connectivity index (χ3v) is 2.62. The Bertz CT molecular complexity index is 593. The molecule has 0 spiro atoms. The summed E-state index contributed by atoms with van der Waals surface area (Å²) >= 11 is 0.